The molecule has 1 atom stereocenters. The van der Waals surface area contributed by atoms with Gasteiger partial charge in [0.05, 0.1) is 21.3 Å². The van der Waals surface area contributed by atoms with Gasteiger partial charge < -0.3 is 19.5 Å². The Kier molecular flexibility index (Phi) is 5.31. The lowest BCUT2D eigenvalue weighted by atomic mass is 9.92. The Morgan fingerprint density at radius 2 is 1.48 bits per heavy atom. The smallest absolute Gasteiger partial charge is 0.344 e. The van der Waals surface area contributed by atoms with E-state index in [0.29, 0.717) is 27.8 Å². The van der Waals surface area contributed by atoms with Crippen LogP contribution in [-0.4, -0.2) is 44.2 Å². The molecule has 1 saturated heterocycles. The molecule has 3 rings (SSSR count). The van der Waals surface area contributed by atoms with Crippen LogP contribution in [0, 0.1) is 0 Å². The lowest BCUT2D eigenvalue weighted by molar-refractivity contribution is -0.132. The fraction of sp³-hybridized carbons (Fsp3) is 0.250. The van der Waals surface area contributed by atoms with Crippen molar-refractivity contribution in [3.8, 4) is 17.2 Å². The third-order valence-electron chi connectivity index (χ3n) is 4.69. The number of hydrazine groups is 1. The first-order valence-corrected chi connectivity index (χ1v) is 8.67. The molecule has 0 saturated carbocycles. The van der Waals surface area contributed by atoms with Crippen LogP contribution in [-0.2, 0) is 10.3 Å². The molecule has 0 spiro atoms. The Labute approximate surface area is 167 Å². The van der Waals surface area contributed by atoms with Gasteiger partial charge in [0.2, 0.25) is 0 Å². The quantitative estimate of drug-likeness (QED) is 0.718. The molecule has 9 nitrogen and oxygen atoms in total. The van der Waals surface area contributed by atoms with E-state index in [1.54, 1.807) is 37.3 Å². The van der Waals surface area contributed by atoms with Crippen LogP contribution in [0.25, 0.3) is 0 Å². The fourth-order valence-corrected chi connectivity index (χ4v) is 2.97. The van der Waals surface area contributed by atoms with Gasteiger partial charge in [0.25, 0.3) is 11.8 Å². The second kappa shape index (κ2) is 7.70. The second-order valence-corrected chi connectivity index (χ2v) is 6.47. The number of nitrogens with one attached hydrogen (secondary N) is 2. The van der Waals surface area contributed by atoms with Crippen molar-refractivity contribution in [1.82, 2.24) is 15.8 Å². The van der Waals surface area contributed by atoms with Gasteiger partial charge in [-0.1, -0.05) is 12.1 Å². The molecule has 1 aliphatic rings. The van der Waals surface area contributed by atoms with Crippen LogP contribution >= 0.6 is 0 Å². The summed E-state index contributed by atoms with van der Waals surface area (Å²) < 4.78 is 15.4. The van der Waals surface area contributed by atoms with Gasteiger partial charge in [-0.15, -0.1) is 0 Å². The maximum absolute atomic E-state index is 13.0. The van der Waals surface area contributed by atoms with Crippen LogP contribution in [0.15, 0.2) is 42.5 Å². The number of benzene rings is 2. The summed E-state index contributed by atoms with van der Waals surface area (Å²) in [5.41, 5.74) is 1.73. The number of hydrogen-bond acceptors (Lipinski definition) is 6. The van der Waals surface area contributed by atoms with E-state index < -0.39 is 23.4 Å². The fourth-order valence-electron chi connectivity index (χ4n) is 2.97. The van der Waals surface area contributed by atoms with Crippen molar-refractivity contribution in [2.24, 2.45) is 0 Å². The summed E-state index contributed by atoms with van der Waals surface area (Å²) in [6, 6.07) is 10.5. The highest BCUT2D eigenvalue weighted by atomic mass is 16.5. The third-order valence-corrected chi connectivity index (χ3v) is 4.69. The van der Waals surface area contributed by atoms with Crippen molar-refractivity contribution in [1.29, 1.82) is 0 Å². The number of carbonyl (C=O) groups excluding carboxylic acids is 3. The molecule has 1 aliphatic heterocycles. The van der Waals surface area contributed by atoms with Crippen molar-refractivity contribution < 1.29 is 28.6 Å². The minimum absolute atomic E-state index is 0.167. The van der Waals surface area contributed by atoms with Crippen LogP contribution in [0.1, 0.15) is 22.8 Å². The summed E-state index contributed by atoms with van der Waals surface area (Å²) in [5.74, 6) is 0.136. The number of imide groups is 1. The maximum Gasteiger partial charge on any atom is 0.344 e. The third kappa shape index (κ3) is 3.66. The van der Waals surface area contributed by atoms with Crippen LogP contribution in [0.2, 0.25) is 0 Å². The number of methoxy groups -OCH3 is 3. The molecule has 0 unspecified atom stereocenters. The predicted octanol–water partition coefficient (Wildman–Crippen LogP) is 1.82. The standard InChI is InChI=1S/C20H21N3O6/c1-20(13-5-7-14(27-2)8-6-13)18(25)23(19(26)21-20)22-17(24)12-9-15(28-3)11-16(10-12)29-4/h5-11H,1-4H3,(H,21,26)(H,22,24)/t20-/m1/s1. The maximum atomic E-state index is 13.0. The number of nitrogens with zero attached hydrogens (tertiary/aromatic N) is 1. The average molecular weight is 399 g/mol. The van der Waals surface area contributed by atoms with Gasteiger partial charge in [-0.05, 0) is 36.8 Å². The first-order valence-electron chi connectivity index (χ1n) is 8.67. The molecule has 2 aromatic rings. The van der Waals surface area contributed by atoms with E-state index in [0.717, 1.165) is 0 Å². The summed E-state index contributed by atoms with van der Waals surface area (Å²) in [6.07, 6.45) is 0. The van der Waals surface area contributed by atoms with Crippen molar-refractivity contribution in [2.75, 3.05) is 21.3 Å². The minimum Gasteiger partial charge on any atom is -0.497 e. The molecule has 152 valence electrons. The van der Waals surface area contributed by atoms with Crippen molar-refractivity contribution >= 4 is 17.8 Å². The van der Waals surface area contributed by atoms with Crippen LogP contribution in [0.3, 0.4) is 0 Å². The molecule has 0 aromatic heterocycles. The van der Waals surface area contributed by atoms with E-state index in [1.165, 1.54) is 33.5 Å². The average Bonchev–Trinajstić information content (AvgIpc) is 2.97. The molecular formula is C20H21N3O6. The Morgan fingerprint density at radius 1 is 0.931 bits per heavy atom. The summed E-state index contributed by atoms with van der Waals surface area (Å²) in [7, 11) is 4.44. The van der Waals surface area contributed by atoms with Gasteiger partial charge in [-0.25, -0.2) is 4.79 Å². The lowest BCUT2D eigenvalue weighted by Gasteiger charge is -2.22. The molecule has 29 heavy (non-hydrogen) atoms. The lowest BCUT2D eigenvalue weighted by Crippen LogP contribution is -2.47. The summed E-state index contributed by atoms with van der Waals surface area (Å²) >= 11 is 0. The highest BCUT2D eigenvalue weighted by molar-refractivity contribution is 6.09. The van der Waals surface area contributed by atoms with E-state index in [4.69, 9.17) is 14.2 Å². The molecule has 2 aromatic carbocycles. The Balaban J connectivity index is 1.84. The van der Waals surface area contributed by atoms with Gasteiger partial charge in [0.15, 0.2) is 0 Å². The molecule has 0 radical (unpaired) electrons. The summed E-state index contributed by atoms with van der Waals surface area (Å²) in [5, 5.41) is 3.28. The van der Waals surface area contributed by atoms with Crippen molar-refractivity contribution in [2.45, 2.75) is 12.5 Å². The molecular weight excluding hydrogens is 378 g/mol. The van der Waals surface area contributed by atoms with Crippen molar-refractivity contribution in [3.63, 3.8) is 0 Å². The Bertz CT molecular complexity index is 937. The van der Waals surface area contributed by atoms with E-state index >= 15 is 0 Å². The SMILES string of the molecule is COc1ccc([C@@]2(C)NC(=O)N(NC(=O)c3cc(OC)cc(OC)c3)C2=O)cc1. The molecule has 2 N–H and O–H groups in total. The van der Waals surface area contributed by atoms with Gasteiger partial charge in [0.1, 0.15) is 22.8 Å². The van der Waals surface area contributed by atoms with E-state index in [-0.39, 0.29) is 5.56 Å². The first kappa shape index (κ1) is 20.0. The van der Waals surface area contributed by atoms with Crippen LogP contribution < -0.4 is 25.0 Å². The highest BCUT2D eigenvalue weighted by Crippen LogP contribution is 2.29. The molecule has 1 fully saturated rings. The Morgan fingerprint density at radius 3 is 2.00 bits per heavy atom. The second-order valence-electron chi connectivity index (χ2n) is 6.47. The normalized spacial score (nSPS) is 18.3. The Hall–Kier alpha value is -3.75. The van der Waals surface area contributed by atoms with Gasteiger partial charge >= 0.3 is 6.03 Å². The zero-order chi connectivity index (χ0) is 21.2. The largest absolute Gasteiger partial charge is 0.497 e. The number of urea groups is 1. The summed E-state index contributed by atoms with van der Waals surface area (Å²) in [6.45, 7) is 1.57. The monoisotopic (exact) mass is 399 g/mol. The van der Waals surface area contributed by atoms with Gasteiger partial charge in [-0.2, -0.15) is 5.01 Å². The number of ether oxygens (including phenoxy) is 3. The van der Waals surface area contributed by atoms with E-state index in [9.17, 15) is 14.4 Å². The minimum atomic E-state index is -1.33. The molecule has 0 aliphatic carbocycles. The van der Waals surface area contributed by atoms with Crippen LogP contribution in [0.5, 0.6) is 17.2 Å². The first-order chi connectivity index (χ1) is 13.8. The van der Waals surface area contributed by atoms with Gasteiger partial charge in [-0.3, -0.25) is 15.0 Å². The molecule has 4 amide bonds. The summed E-state index contributed by atoms with van der Waals surface area (Å²) in [4.78, 5) is 38.0. The number of hydrogen-bond donors (Lipinski definition) is 2. The van der Waals surface area contributed by atoms with Crippen molar-refractivity contribution in [3.05, 3.63) is 53.6 Å². The van der Waals surface area contributed by atoms with Crippen LogP contribution in [0.4, 0.5) is 4.79 Å². The van der Waals surface area contributed by atoms with E-state index in [1.807, 2.05) is 0 Å². The predicted molar refractivity (Wildman–Crippen MR) is 103 cm³/mol. The number of carbonyl (C=O) groups is 3. The molecule has 0 bridgehead atoms. The highest BCUT2D eigenvalue weighted by Gasteiger charge is 2.50. The number of amides is 4. The van der Waals surface area contributed by atoms with Gasteiger partial charge in [0, 0.05) is 11.6 Å². The van der Waals surface area contributed by atoms with E-state index in [2.05, 4.69) is 10.7 Å². The molecule has 1 heterocycles. The zero-order valence-electron chi connectivity index (χ0n) is 16.4. The molecule has 9 heteroatoms. The topological polar surface area (TPSA) is 106 Å². The zero-order valence-corrected chi connectivity index (χ0v) is 16.4. The number of rotatable bonds is 6.